The summed E-state index contributed by atoms with van der Waals surface area (Å²) in [6, 6.07) is -0.176. The smallest absolute Gasteiger partial charge is 0.217 e. The lowest BCUT2D eigenvalue weighted by atomic mass is 9.98. The van der Waals surface area contributed by atoms with E-state index >= 15 is 0 Å². The van der Waals surface area contributed by atoms with E-state index in [4.69, 9.17) is 0 Å². The highest BCUT2D eigenvalue weighted by atomic mass is 16.3. The molecule has 2 N–H and O–H groups in total. The van der Waals surface area contributed by atoms with Crippen molar-refractivity contribution in [2.45, 2.75) is 52.7 Å². The van der Waals surface area contributed by atoms with Crippen molar-refractivity contribution in [3.63, 3.8) is 0 Å². The van der Waals surface area contributed by atoms with Crippen molar-refractivity contribution in [1.82, 2.24) is 5.32 Å². The second-order valence-electron chi connectivity index (χ2n) is 4.26. The van der Waals surface area contributed by atoms with Crippen molar-refractivity contribution in [1.29, 1.82) is 0 Å². The fourth-order valence-electron chi connectivity index (χ4n) is 1.46. The molecule has 0 saturated carbocycles. The minimum Gasteiger partial charge on any atom is -0.387 e. The molecule has 3 heteroatoms. The van der Waals surface area contributed by atoms with Crippen LogP contribution in [0.15, 0.2) is 12.2 Å². The predicted molar refractivity (Wildman–Crippen MR) is 62.5 cm³/mol. The van der Waals surface area contributed by atoms with Gasteiger partial charge in [-0.1, -0.05) is 32.9 Å². The van der Waals surface area contributed by atoms with E-state index in [2.05, 4.69) is 19.2 Å². The molecule has 0 aliphatic rings. The fourth-order valence-corrected chi connectivity index (χ4v) is 1.46. The first kappa shape index (κ1) is 14.2. The summed E-state index contributed by atoms with van der Waals surface area (Å²) in [6.45, 7) is 7.64. The van der Waals surface area contributed by atoms with Gasteiger partial charge in [-0.3, -0.25) is 4.79 Å². The Morgan fingerprint density at radius 2 is 2.07 bits per heavy atom. The molecular weight excluding hydrogens is 190 g/mol. The van der Waals surface area contributed by atoms with Crippen LogP contribution in [0.3, 0.4) is 0 Å². The number of carbonyl (C=O) groups excluding carboxylic acids is 1. The van der Waals surface area contributed by atoms with Gasteiger partial charge in [0.15, 0.2) is 0 Å². The summed E-state index contributed by atoms with van der Waals surface area (Å²) in [5, 5.41) is 12.6. The highest BCUT2D eigenvalue weighted by molar-refractivity contribution is 5.73. The standard InChI is InChI=1S/C12H23NO2/c1-5-6-7-12(15)11(8-9(2)3)13-10(4)14/h6-7,9,11-12,15H,5,8H2,1-4H3,(H,13,14)/b7-6+/t11-,12+/m0/s1. The van der Waals surface area contributed by atoms with Crippen LogP contribution in [-0.2, 0) is 4.79 Å². The largest absolute Gasteiger partial charge is 0.387 e. The maximum absolute atomic E-state index is 11.0. The third kappa shape index (κ3) is 7.14. The summed E-state index contributed by atoms with van der Waals surface area (Å²) in [4.78, 5) is 11.0. The number of allylic oxidation sites excluding steroid dienone is 1. The summed E-state index contributed by atoms with van der Waals surface area (Å²) in [5.74, 6) is 0.358. The molecule has 88 valence electrons. The Labute approximate surface area is 92.6 Å². The van der Waals surface area contributed by atoms with Crippen LogP contribution in [-0.4, -0.2) is 23.2 Å². The molecule has 0 unspecified atom stereocenters. The zero-order chi connectivity index (χ0) is 11.8. The number of amides is 1. The number of hydrogen-bond donors (Lipinski definition) is 2. The van der Waals surface area contributed by atoms with Crippen molar-refractivity contribution in [2.75, 3.05) is 0 Å². The third-order valence-corrected chi connectivity index (χ3v) is 2.10. The van der Waals surface area contributed by atoms with E-state index in [-0.39, 0.29) is 11.9 Å². The molecule has 0 saturated heterocycles. The quantitative estimate of drug-likeness (QED) is 0.662. The zero-order valence-electron chi connectivity index (χ0n) is 10.2. The van der Waals surface area contributed by atoms with Crippen LogP contribution in [0.1, 0.15) is 40.5 Å². The molecule has 0 spiro atoms. The zero-order valence-corrected chi connectivity index (χ0v) is 10.2. The summed E-state index contributed by atoms with van der Waals surface area (Å²) in [5.41, 5.74) is 0. The maximum atomic E-state index is 11.0. The summed E-state index contributed by atoms with van der Waals surface area (Å²) in [7, 11) is 0. The Kier molecular flexibility index (Phi) is 7.05. The van der Waals surface area contributed by atoms with Crippen LogP contribution >= 0.6 is 0 Å². The van der Waals surface area contributed by atoms with Gasteiger partial charge in [0.25, 0.3) is 0 Å². The highest BCUT2D eigenvalue weighted by Gasteiger charge is 2.18. The first-order valence-electron chi connectivity index (χ1n) is 5.59. The minimum absolute atomic E-state index is 0.0930. The first-order valence-corrected chi connectivity index (χ1v) is 5.59. The van der Waals surface area contributed by atoms with Crippen molar-refractivity contribution >= 4 is 5.91 Å². The molecule has 2 atom stereocenters. The molecule has 0 rings (SSSR count). The molecule has 0 aromatic heterocycles. The summed E-state index contributed by atoms with van der Waals surface area (Å²) in [6.07, 6.45) is 4.76. The van der Waals surface area contributed by atoms with E-state index in [1.807, 2.05) is 13.0 Å². The molecule has 15 heavy (non-hydrogen) atoms. The Hall–Kier alpha value is -0.830. The molecule has 0 bridgehead atoms. The number of rotatable bonds is 6. The first-order chi connectivity index (χ1) is 6.97. The lowest BCUT2D eigenvalue weighted by Gasteiger charge is -2.23. The van der Waals surface area contributed by atoms with Crippen molar-refractivity contribution in [2.24, 2.45) is 5.92 Å². The van der Waals surface area contributed by atoms with Gasteiger partial charge in [-0.2, -0.15) is 0 Å². The second kappa shape index (κ2) is 7.46. The van der Waals surface area contributed by atoms with Crippen LogP contribution in [0.5, 0.6) is 0 Å². The summed E-state index contributed by atoms with van der Waals surface area (Å²) < 4.78 is 0. The molecule has 0 aliphatic heterocycles. The van der Waals surface area contributed by atoms with E-state index in [1.54, 1.807) is 6.08 Å². The number of aliphatic hydroxyl groups excluding tert-OH is 1. The third-order valence-electron chi connectivity index (χ3n) is 2.10. The number of aliphatic hydroxyl groups is 1. The summed E-state index contributed by atoms with van der Waals surface area (Å²) >= 11 is 0. The van der Waals surface area contributed by atoms with Gasteiger partial charge in [-0.05, 0) is 18.8 Å². The predicted octanol–water partition coefficient (Wildman–Crippen LogP) is 1.86. The normalized spacial score (nSPS) is 15.6. The van der Waals surface area contributed by atoms with Crippen LogP contribution in [0, 0.1) is 5.92 Å². The van der Waals surface area contributed by atoms with Gasteiger partial charge in [-0.15, -0.1) is 0 Å². The van der Waals surface area contributed by atoms with E-state index < -0.39 is 6.10 Å². The molecule has 0 heterocycles. The average Bonchev–Trinajstić information content (AvgIpc) is 2.11. The van der Waals surface area contributed by atoms with Crippen LogP contribution in [0.4, 0.5) is 0 Å². The van der Waals surface area contributed by atoms with Crippen LogP contribution < -0.4 is 5.32 Å². The molecule has 3 nitrogen and oxygen atoms in total. The lowest BCUT2D eigenvalue weighted by molar-refractivity contribution is -0.120. The molecule has 0 aliphatic carbocycles. The number of hydrogen-bond acceptors (Lipinski definition) is 2. The molecule has 0 aromatic carbocycles. The Balaban J connectivity index is 4.32. The SMILES string of the molecule is CC/C=C/[C@@H](O)[C@H](CC(C)C)NC(C)=O. The van der Waals surface area contributed by atoms with Crippen LogP contribution in [0.2, 0.25) is 0 Å². The Morgan fingerprint density at radius 3 is 2.47 bits per heavy atom. The number of nitrogens with one attached hydrogen (secondary N) is 1. The van der Waals surface area contributed by atoms with Crippen molar-refractivity contribution in [3.05, 3.63) is 12.2 Å². The highest BCUT2D eigenvalue weighted by Crippen LogP contribution is 2.09. The van der Waals surface area contributed by atoms with E-state index in [9.17, 15) is 9.90 Å². The van der Waals surface area contributed by atoms with E-state index in [1.165, 1.54) is 6.92 Å². The molecule has 1 amide bonds. The van der Waals surface area contributed by atoms with Crippen molar-refractivity contribution < 1.29 is 9.90 Å². The molecule has 0 aromatic rings. The molecule has 0 radical (unpaired) electrons. The Morgan fingerprint density at radius 1 is 1.47 bits per heavy atom. The fraction of sp³-hybridized carbons (Fsp3) is 0.750. The monoisotopic (exact) mass is 213 g/mol. The van der Waals surface area contributed by atoms with Gasteiger partial charge >= 0.3 is 0 Å². The van der Waals surface area contributed by atoms with E-state index in [0.717, 1.165) is 12.8 Å². The van der Waals surface area contributed by atoms with Gasteiger partial charge in [-0.25, -0.2) is 0 Å². The Bertz CT molecular complexity index is 212. The van der Waals surface area contributed by atoms with Crippen LogP contribution in [0.25, 0.3) is 0 Å². The average molecular weight is 213 g/mol. The minimum atomic E-state index is -0.587. The number of carbonyl (C=O) groups is 1. The molecule has 0 fully saturated rings. The topological polar surface area (TPSA) is 49.3 Å². The van der Waals surface area contributed by atoms with Crippen molar-refractivity contribution in [3.8, 4) is 0 Å². The van der Waals surface area contributed by atoms with Gasteiger partial charge in [0.1, 0.15) is 0 Å². The van der Waals surface area contributed by atoms with Gasteiger partial charge in [0.2, 0.25) is 5.91 Å². The lowest BCUT2D eigenvalue weighted by Crippen LogP contribution is -2.42. The van der Waals surface area contributed by atoms with E-state index in [0.29, 0.717) is 5.92 Å². The molecular formula is C12H23NO2. The van der Waals surface area contributed by atoms with Gasteiger partial charge in [0.05, 0.1) is 12.1 Å². The van der Waals surface area contributed by atoms with Gasteiger partial charge < -0.3 is 10.4 Å². The van der Waals surface area contributed by atoms with Gasteiger partial charge in [0, 0.05) is 6.92 Å². The maximum Gasteiger partial charge on any atom is 0.217 e. The second-order valence-corrected chi connectivity index (χ2v) is 4.26.